The number of thiazole rings is 1. The number of carbonyl (C=O) groups excluding carboxylic acids is 1. The molecule has 3 fully saturated rings. The van der Waals surface area contributed by atoms with Crippen molar-refractivity contribution in [2.45, 2.75) is 57.8 Å². The van der Waals surface area contributed by atoms with Gasteiger partial charge in [0.05, 0.1) is 12.6 Å². The zero-order valence-electron chi connectivity index (χ0n) is 14.6. The molecule has 24 heavy (non-hydrogen) atoms. The van der Waals surface area contributed by atoms with E-state index < -0.39 is 0 Å². The van der Waals surface area contributed by atoms with Crippen molar-refractivity contribution in [3.05, 3.63) is 16.6 Å². The molecule has 2 aliphatic heterocycles. The molecule has 4 rings (SSSR count). The van der Waals surface area contributed by atoms with Gasteiger partial charge in [0.15, 0.2) is 0 Å². The van der Waals surface area contributed by atoms with Crippen LogP contribution in [0.4, 0.5) is 0 Å². The molecular formula is C18H28N4OS. The van der Waals surface area contributed by atoms with Crippen LogP contribution >= 0.6 is 11.3 Å². The van der Waals surface area contributed by atoms with Gasteiger partial charge in [0, 0.05) is 43.3 Å². The van der Waals surface area contributed by atoms with E-state index >= 15 is 0 Å². The second-order valence-electron chi connectivity index (χ2n) is 7.93. The van der Waals surface area contributed by atoms with Gasteiger partial charge in [-0.1, -0.05) is 0 Å². The molecule has 2 saturated heterocycles. The molecule has 5 nitrogen and oxygen atoms in total. The van der Waals surface area contributed by atoms with Crippen LogP contribution < -0.4 is 5.32 Å². The van der Waals surface area contributed by atoms with Crippen molar-refractivity contribution in [2.75, 3.05) is 19.6 Å². The minimum absolute atomic E-state index is 0.0702. The number of amides is 1. The van der Waals surface area contributed by atoms with Crippen LogP contribution in [0, 0.1) is 11.8 Å². The molecule has 0 aromatic carbocycles. The van der Waals surface area contributed by atoms with Gasteiger partial charge in [-0.15, -0.1) is 11.3 Å². The lowest BCUT2D eigenvalue weighted by atomic mass is 10.0. The number of rotatable bonds is 6. The number of hydrogen-bond acceptors (Lipinski definition) is 5. The molecule has 0 bridgehead atoms. The Morgan fingerprint density at radius 1 is 1.42 bits per heavy atom. The summed E-state index contributed by atoms with van der Waals surface area (Å²) in [6, 6.07) is 0.999. The Morgan fingerprint density at radius 2 is 2.25 bits per heavy atom. The SMILES string of the molecule is CC(C)N1[C@@H]2CN(Cc3nccs3)C[C@@H]2C[C@H]1C(=O)NCC1CC1. The normalized spacial score (nSPS) is 30.9. The highest BCUT2D eigenvalue weighted by atomic mass is 32.1. The van der Waals surface area contributed by atoms with Crippen LogP contribution in [-0.2, 0) is 11.3 Å². The van der Waals surface area contributed by atoms with E-state index in [1.807, 2.05) is 11.6 Å². The van der Waals surface area contributed by atoms with E-state index in [4.69, 9.17) is 0 Å². The quantitative estimate of drug-likeness (QED) is 0.854. The zero-order valence-corrected chi connectivity index (χ0v) is 15.5. The minimum atomic E-state index is 0.0702. The first-order valence-electron chi connectivity index (χ1n) is 9.27. The number of likely N-dealkylation sites (tertiary alicyclic amines) is 2. The van der Waals surface area contributed by atoms with Crippen molar-refractivity contribution >= 4 is 17.2 Å². The van der Waals surface area contributed by atoms with Crippen LogP contribution in [0.15, 0.2) is 11.6 Å². The van der Waals surface area contributed by atoms with Crippen LogP contribution in [0.1, 0.15) is 38.1 Å². The van der Waals surface area contributed by atoms with Crippen molar-refractivity contribution in [3.8, 4) is 0 Å². The van der Waals surface area contributed by atoms with Crippen molar-refractivity contribution in [1.82, 2.24) is 20.1 Å². The van der Waals surface area contributed by atoms with E-state index in [1.165, 1.54) is 17.8 Å². The lowest BCUT2D eigenvalue weighted by Gasteiger charge is -2.33. The van der Waals surface area contributed by atoms with Gasteiger partial charge in [-0.05, 0) is 44.9 Å². The highest BCUT2D eigenvalue weighted by molar-refractivity contribution is 7.09. The molecule has 1 N–H and O–H groups in total. The number of fused-ring (bicyclic) bond motifs is 1. The van der Waals surface area contributed by atoms with Gasteiger partial charge in [-0.25, -0.2) is 4.98 Å². The van der Waals surface area contributed by atoms with Crippen LogP contribution in [0.25, 0.3) is 0 Å². The van der Waals surface area contributed by atoms with Gasteiger partial charge in [0.25, 0.3) is 0 Å². The Morgan fingerprint density at radius 3 is 2.92 bits per heavy atom. The van der Waals surface area contributed by atoms with Crippen molar-refractivity contribution in [2.24, 2.45) is 11.8 Å². The Balaban J connectivity index is 1.39. The Labute approximate surface area is 148 Å². The third kappa shape index (κ3) is 3.37. The van der Waals surface area contributed by atoms with Gasteiger partial charge < -0.3 is 5.32 Å². The second-order valence-corrected chi connectivity index (χ2v) is 8.91. The fourth-order valence-electron chi connectivity index (χ4n) is 4.47. The van der Waals surface area contributed by atoms with E-state index in [1.54, 1.807) is 11.3 Å². The van der Waals surface area contributed by atoms with Crippen LogP contribution in [-0.4, -0.2) is 58.5 Å². The smallest absolute Gasteiger partial charge is 0.237 e. The summed E-state index contributed by atoms with van der Waals surface area (Å²) in [7, 11) is 0. The lowest BCUT2D eigenvalue weighted by Crippen LogP contribution is -2.50. The molecule has 3 aliphatic rings. The van der Waals surface area contributed by atoms with Crippen molar-refractivity contribution in [3.63, 3.8) is 0 Å². The summed E-state index contributed by atoms with van der Waals surface area (Å²) in [5, 5.41) is 6.45. The Bertz CT molecular complexity index is 572. The largest absolute Gasteiger partial charge is 0.354 e. The zero-order chi connectivity index (χ0) is 16.7. The maximum atomic E-state index is 12.7. The van der Waals surface area contributed by atoms with Gasteiger partial charge in [-0.2, -0.15) is 0 Å². The van der Waals surface area contributed by atoms with Gasteiger partial charge in [0.1, 0.15) is 5.01 Å². The first-order valence-corrected chi connectivity index (χ1v) is 10.2. The van der Waals surface area contributed by atoms with Crippen molar-refractivity contribution in [1.29, 1.82) is 0 Å². The first-order chi connectivity index (χ1) is 11.6. The molecule has 0 spiro atoms. The molecule has 0 radical (unpaired) electrons. The molecule has 0 unspecified atom stereocenters. The van der Waals surface area contributed by atoms with E-state index in [9.17, 15) is 4.79 Å². The molecule has 1 aliphatic carbocycles. The molecular weight excluding hydrogens is 320 g/mol. The van der Waals surface area contributed by atoms with Gasteiger partial charge in [0.2, 0.25) is 5.91 Å². The molecule has 1 aromatic heterocycles. The number of nitrogens with zero attached hydrogens (tertiary/aromatic N) is 3. The summed E-state index contributed by atoms with van der Waals surface area (Å²) in [5.74, 6) is 1.62. The summed E-state index contributed by atoms with van der Waals surface area (Å²) >= 11 is 1.74. The summed E-state index contributed by atoms with van der Waals surface area (Å²) in [6.07, 6.45) is 5.47. The number of aromatic nitrogens is 1. The average molecular weight is 349 g/mol. The predicted molar refractivity (Wildman–Crippen MR) is 95.8 cm³/mol. The third-order valence-corrected chi connectivity index (χ3v) is 6.52. The van der Waals surface area contributed by atoms with Crippen LogP contribution in [0.2, 0.25) is 0 Å². The van der Waals surface area contributed by atoms with E-state index in [-0.39, 0.29) is 11.9 Å². The van der Waals surface area contributed by atoms with E-state index in [0.29, 0.717) is 18.0 Å². The molecule has 1 saturated carbocycles. The summed E-state index contributed by atoms with van der Waals surface area (Å²) in [5.41, 5.74) is 0. The molecule has 1 aromatic rings. The monoisotopic (exact) mass is 348 g/mol. The van der Waals surface area contributed by atoms with E-state index in [0.717, 1.165) is 38.5 Å². The van der Waals surface area contributed by atoms with Crippen molar-refractivity contribution < 1.29 is 4.79 Å². The molecule has 3 atom stereocenters. The molecule has 6 heteroatoms. The Hall–Kier alpha value is -0.980. The summed E-state index contributed by atoms with van der Waals surface area (Å²) in [4.78, 5) is 22.1. The Kier molecular flexibility index (Phi) is 4.62. The number of hydrogen-bond donors (Lipinski definition) is 1. The number of nitrogens with one attached hydrogen (secondary N) is 1. The third-order valence-electron chi connectivity index (χ3n) is 5.75. The molecule has 132 valence electrons. The first kappa shape index (κ1) is 16.5. The fourth-order valence-corrected chi connectivity index (χ4v) is 5.13. The average Bonchev–Trinajstić information content (AvgIpc) is 2.93. The van der Waals surface area contributed by atoms with E-state index in [2.05, 4.69) is 33.9 Å². The summed E-state index contributed by atoms with van der Waals surface area (Å²) < 4.78 is 0. The standard InChI is InChI=1S/C18H28N4OS/c1-12(2)22-15(18(23)20-8-13-3-4-13)7-14-9-21(10-16(14)22)11-17-19-5-6-24-17/h5-6,12-16H,3-4,7-11H2,1-2H3,(H,20,23)/t14-,15-,16+/m0/s1. The molecule has 3 heterocycles. The maximum absolute atomic E-state index is 12.7. The summed E-state index contributed by atoms with van der Waals surface area (Å²) in [6.45, 7) is 8.46. The number of carbonyl (C=O) groups is 1. The molecule has 1 amide bonds. The highest BCUT2D eigenvalue weighted by Crippen LogP contribution is 2.38. The highest BCUT2D eigenvalue weighted by Gasteiger charge is 2.49. The second kappa shape index (κ2) is 6.73. The minimum Gasteiger partial charge on any atom is -0.354 e. The maximum Gasteiger partial charge on any atom is 0.237 e. The van der Waals surface area contributed by atoms with Gasteiger partial charge >= 0.3 is 0 Å². The van der Waals surface area contributed by atoms with Gasteiger partial charge in [-0.3, -0.25) is 14.6 Å². The topological polar surface area (TPSA) is 48.5 Å². The van der Waals surface area contributed by atoms with Crippen LogP contribution in [0.5, 0.6) is 0 Å². The predicted octanol–water partition coefficient (Wildman–Crippen LogP) is 1.95. The lowest BCUT2D eigenvalue weighted by molar-refractivity contribution is -0.126. The van der Waals surface area contributed by atoms with Crippen LogP contribution in [0.3, 0.4) is 0 Å². The fraction of sp³-hybridized carbons (Fsp3) is 0.778.